The highest BCUT2D eigenvalue weighted by atomic mass is 16.2. The number of hydrogen-bond donors (Lipinski definition) is 1. The molecule has 1 unspecified atom stereocenters. The van der Waals surface area contributed by atoms with E-state index in [0.717, 1.165) is 16.9 Å². The molecular formula is C22H22N2O3. The Morgan fingerprint density at radius 1 is 1.15 bits per heavy atom. The molecule has 0 radical (unpaired) electrons. The van der Waals surface area contributed by atoms with Gasteiger partial charge in [-0.05, 0) is 18.6 Å². The van der Waals surface area contributed by atoms with Gasteiger partial charge < -0.3 is 5.32 Å². The van der Waals surface area contributed by atoms with Gasteiger partial charge >= 0.3 is 0 Å². The van der Waals surface area contributed by atoms with Gasteiger partial charge in [0, 0.05) is 24.1 Å². The molecule has 5 heteroatoms. The van der Waals surface area contributed by atoms with Crippen molar-refractivity contribution in [3.05, 3.63) is 72.4 Å². The van der Waals surface area contributed by atoms with Crippen molar-refractivity contribution < 1.29 is 14.4 Å². The molecule has 0 aliphatic carbocycles. The first-order valence-corrected chi connectivity index (χ1v) is 8.74. The number of carbonyl (C=O) groups is 3. The second kappa shape index (κ2) is 9.35. The van der Waals surface area contributed by atoms with Crippen molar-refractivity contribution in [3.8, 4) is 11.8 Å². The lowest BCUT2D eigenvalue weighted by atomic mass is 10.1. The van der Waals surface area contributed by atoms with Crippen LogP contribution in [-0.2, 0) is 14.4 Å². The van der Waals surface area contributed by atoms with Crippen molar-refractivity contribution in [1.29, 1.82) is 0 Å². The Morgan fingerprint density at radius 2 is 1.74 bits per heavy atom. The Balaban J connectivity index is 2.08. The predicted molar refractivity (Wildman–Crippen MR) is 104 cm³/mol. The van der Waals surface area contributed by atoms with E-state index in [2.05, 4.69) is 30.3 Å². The van der Waals surface area contributed by atoms with E-state index in [1.807, 2.05) is 37.3 Å². The molecule has 0 saturated carbocycles. The summed E-state index contributed by atoms with van der Waals surface area (Å²) in [6, 6.07) is 8.79. The quantitative estimate of drug-likeness (QED) is 0.598. The molecular weight excluding hydrogens is 340 g/mol. The highest BCUT2D eigenvalue weighted by molar-refractivity contribution is 6.21. The van der Waals surface area contributed by atoms with Crippen LogP contribution in [0.4, 0.5) is 0 Å². The summed E-state index contributed by atoms with van der Waals surface area (Å²) < 4.78 is 0. The summed E-state index contributed by atoms with van der Waals surface area (Å²) in [5, 5.41) is 2.79. The SMILES string of the molecule is C=CC1=C(C=C)C(=O)N(CC(CCC)NC(=O)C#Cc2ccccc2)C1=O. The zero-order chi connectivity index (χ0) is 19.8. The van der Waals surface area contributed by atoms with Crippen LogP contribution in [0.3, 0.4) is 0 Å². The van der Waals surface area contributed by atoms with E-state index in [1.165, 1.54) is 12.2 Å². The Bertz CT molecular complexity index is 827. The topological polar surface area (TPSA) is 66.5 Å². The highest BCUT2D eigenvalue weighted by Gasteiger charge is 2.36. The van der Waals surface area contributed by atoms with Crippen molar-refractivity contribution in [1.82, 2.24) is 10.2 Å². The largest absolute Gasteiger partial charge is 0.341 e. The summed E-state index contributed by atoms with van der Waals surface area (Å²) >= 11 is 0. The van der Waals surface area contributed by atoms with Crippen LogP contribution in [-0.4, -0.2) is 35.2 Å². The number of nitrogens with zero attached hydrogens (tertiary/aromatic N) is 1. The fraction of sp³-hybridized carbons (Fsp3) is 0.227. The molecule has 138 valence electrons. The van der Waals surface area contributed by atoms with E-state index < -0.39 is 17.7 Å². The first-order valence-electron chi connectivity index (χ1n) is 8.74. The molecule has 0 saturated heterocycles. The van der Waals surface area contributed by atoms with E-state index in [4.69, 9.17) is 0 Å². The standard InChI is InChI=1S/C22H22N2O3/c1-4-10-17(23-20(25)14-13-16-11-8-7-9-12-16)15-24-21(26)18(5-2)19(6-3)22(24)27/h5-9,11-12,17H,2-4,10,15H2,1H3,(H,23,25). The smallest absolute Gasteiger partial charge is 0.296 e. The summed E-state index contributed by atoms with van der Waals surface area (Å²) in [6.07, 6.45) is 4.11. The van der Waals surface area contributed by atoms with E-state index in [-0.39, 0.29) is 23.7 Å². The van der Waals surface area contributed by atoms with Gasteiger partial charge in [-0.1, -0.05) is 62.8 Å². The third-order valence-corrected chi connectivity index (χ3v) is 4.12. The van der Waals surface area contributed by atoms with Gasteiger partial charge in [0.25, 0.3) is 17.7 Å². The molecule has 5 nitrogen and oxygen atoms in total. The summed E-state index contributed by atoms with van der Waals surface area (Å²) in [7, 11) is 0. The van der Waals surface area contributed by atoms with Gasteiger partial charge in [-0.3, -0.25) is 19.3 Å². The Labute approximate surface area is 159 Å². The van der Waals surface area contributed by atoms with Crippen molar-refractivity contribution in [2.45, 2.75) is 25.8 Å². The number of hydrogen-bond acceptors (Lipinski definition) is 3. The van der Waals surface area contributed by atoms with Crippen LogP contribution in [0.15, 0.2) is 66.8 Å². The number of amides is 3. The highest BCUT2D eigenvalue weighted by Crippen LogP contribution is 2.23. The summed E-state index contributed by atoms with van der Waals surface area (Å²) in [4.78, 5) is 38.2. The van der Waals surface area contributed by atoms with Gasteiger partial charge in [0.05, 0.1) is 11.1 Å². The van der Waals surface area contributed by atoms with Gasteiger partial charge in [0.15, 0.2) is 0 Å². The molecule has 1 aromatic rings. The Kier molecular flexibility index (Phi) is 6.90. The van der Waals surface area contributed by atoms with Gasteiger partial charge in [-0.15, -0.1) is 0 Å². The van der Waals surface area contributed by atoms with Crippen LogP contribution in [0, 0.1) is 11.8 Å². The molecule has 1 aliphatic heterocycles. The van der Waals surface area contributed by atoms with Gasteiger partial charge in [0.2, 0.25) is 0 Å². The maximum atomic E-state index is 12.4. The maximum Gasteiger partial charge on any atom is 0.296 e. The minimum atomic E-state index is -0.447. The monoisotopic (exact) mass is 362 g/mol. The second-order valence-corrected chi connectivity index (χ2v) is 6.03. The van der Waals surface area contributed by atoms with Crippen LogP contribution in [0.5, 0.6) is 0 Å². The lowest BCUT2D eigenvalue weighted by Crippen LogP contribution is -2.46. The average molecular weight is 362 g/mol. The van der Waals surface area contributed by atoms with Crippen LogP contribution in [0.1, 0.15) is 25.3 Å². The molecule has 27 heavy (non-hydrogen) atoms. The predicted octanol–water partition coefficient (Wildman–Crippen LogP) is 2.36. The zero-order valence-corrected chi connectivity index (χ0v) is 15.3. The molecule has 0 bridgehead atoms. The molecule has 1 heterocycles. The molecule has 0 aromatic heterocycles. The Hall–Kier alpha value is -3.39. The first-order chi connectivity index (χ1) is 13.0. The molecule has 0 spiro atoms. The van der Waals surface area contributed by atoms with Crippen molar-refractivity contribution in [3.63, 3.8) is 0 Å². The maximum absolute atomic E-state index is 12.4. The molecule has 0 fully saturated rings. The van der Waals surface area contributed by atoms with Crippen molar-refractivity contribution >= 4 is 17.7 Å². The summed E-state index contributed by atoms with van der Waals surface area (Å²) in [5.74, 6) is 4.05. The van der Waals surface area contributed by atoms with E-state index in [9.17, 15) is 14.4 Å². The number of imide groups is 1. The van der Waals surface area contributed by atoms with Gasteiger partial charge in [-0.2, -0.15) is 0 Å². The van der Waals surface area contributed by atoms with Crippen LogP contribution in [0.2, 0.25) is 0 Å². The fourth-order valence-electron chi connectivity index (χ4n) is 2.82. The fourth-order valence-corrected chi connectivity index (χ4v) is 2.82. The number of carbonyl (C=O) groups excluding carboxylic acids is 3. The van der Waals surface area contributed by atoms with E-state index in [1.54, 1.807) is 0 Å². The first kappa shape index (κ1) is 19.9. The third-order valence-electron chi connectivity index (χ3n) is 4.12. The van der Waals surface area contributed by atoms with Gasteiger partial charge in [0.1, 0.15) is 0 Å². The Morgan fingerprint density at radius 3 is 2.26 bits per heavy atom. The minimum absolute atomic E-state index is 0.0823. The molecule has 1 N–H and O–H groups in total. The lowest BCUT2D eigenvalue weighted by molar-refractivity contribution is -0.138. The van der Waals surface area contributed by atoms with E-state index >= 15 is 0 Å². The summed E-state index contributed by atoms with van der Waals surface area (Å²) in [6.45, 7) is 9.21. The van der Waals surface area contributed by atoms with Crippen molar-refractivity contribution in [2.75, 3.05) is 6.54 Å². The molecule has 1 aliphatic rings. The minimum Gasteiger partial charge on any atom is -0.341 e. The van der Waals surface area contributed by atoms with E-state index in [0.29, 0.717) is 6.42 Å². The molecule has 1 atom stereocenters. The van der Waals surface area contributed by atoms with Gasteiger partial charge in [-0.25, -0.2) is 0 Å². The third kappa shape index (κ3) is 4.83. The van der Waals surface area contributed by atoms with Crippen LogP contribution in [0.25, 0.3) is 0 Å². The number of benzene rings is 1. The summed E-state index contributed by atoms with van der Waals surface area (Å²) in [5.41, 5.74) is 1.21. The zero-order valence-electron chi connectivity index (χ0n) is 15.3. The van der Waals surface area contributed by atoms with Crippen LogP contribution >= 0.6 is 0 Å². The molecule has 1 aromatic carbocycles. The van der Waals surface area contributed by atoms with Crippen LogP contribution < -0.4 is 5.32 Å². The molecule has 2 rings (SSSR count). The average Bonchev–Trinajstić information content (AvgIpc) is 2.90. The number of nitrogens with one attached hydrogen (secondary N) is 1. The van der Waals surface area contributed by atoms with Crippen molar-refractivity contribution in [2.24, 2.45) is 0 Å². The molecule has 3 amide bonds. The lowest BCUT2D eigenvalue weighted by Gasteiger charge is -2.23. The second-order valence-electron chi connectivity index (χ2n) is 6.03. The number of rotatable bonds is 7. The normalized spacial score (nSPS) is 14.5.